The van der Waals surface area contributed by atoms with E-state index in [9.17, 15) is 48.6 Å². The predicted octanol–water partition coefficient (Wildman–Crippen LogP) is -1.96. The summed E-state index contributed by atoms with van der Waals surface area (Å²) in [5.41, 5.74) is 16.3. The summed E-state index contributed by atoms with van der Waals surface area (Å²) in [5.74, 6) is -8.53. The first kappa shape index (κ1) is 46.9. The fourth-order valence-corrected chi connectivity index (χ4v) is 6.41. The number of hydrogen-bond donors (Lipinski definition) is 9. The number of ketones is 1. The second kappa shape index (κ2) is 21.5. The lowest BCUT2D eigenvalue weighted by molar-refractivity contribution is -0.152. The summed E-state index contributed by atoms with van der Waals surface area (Å²) in [7, 11) is 0. The molecule has 328 valence electrons. The molecule has 12 N–H and O–H groups in total. The van der Waals surface area contributed by atoms with Crippen molar-refractivity contribution in [3.8, 4) is 11.1 Å². The van der Waals surface area contributed by atoms with E-state index < -0.39 is 91.4 Å². The van der Waals surface area contributed by atoms with Gasteiger partial charge in [0.15, 0.2) is 28.3 Å². The number of morpholine rings is 1. The topological polar surface area (TPSA) is 355 Å². The normalized spacial score (nSPS) is 15.2. The van der Waals surface area contributed by atoms with Gasteiger partial charge in [-0.1, -0.05) is 42.5 Å². The molecule has 3 amide bonds. The summed E-state index contributed by atoms with van der Waals surface area (Å²) in [5, 5.41) is 34.0. The van der Waals surface area contributed by atoms with Crippen LogP contribution in [0.5, 0.6) is 0 Å². The van der Waals surface area contributed by atoms with Crippen molar-refractivity contribution in [1.82, 2.24) is 20.4 Å². The lowest BCUT2D eigenvalue weighted by Gasteiger charge is -2.37. The van der Waals surface area contributed by atoms with Crippen molar-refractivity contribution in [3.05, 3.63) is 64.8 Å². The van der Waals surface area contributed by atoms with Gasteiger partial charge in [-0.05, 0) is 24.5 Å². The summed E-state index contributed by atoms with van der Waals surface area (Å²) < 4.78 is 17.6. The van der Waals surface area contributed by atoms with E-state index in [2.05, 4.69) is 10.3 Å². The van der Waals surface area contributed by atoms with E-state index in [0.29, 0.717) is 16.5 Å². The molecule has 1 aliphatic rings. The smallest absolute Gasteiger partial charge is 0.328 e. The number of carbonyl (C=O) groups excluding carboxylic acids is 5. The molecule has 4 rings (SSSR count). The van der Waals surface area contributed by atoms with Crippen LogP contribution in [0, 0.1) is 0 Å². The highest BCUT2D eigenvalue weighted by Gasteiger charge is 2.42. The van der Waals surface area contributed by atoms with Gasteiger partial charge in [0.2, 0.25) is 24.5 Å². The van der Waals surface area contributed by atoms with Crippen LogP contribution in [0.4, 0.5) is 5.88 Å². The van der Waals surface area contributed by atoms with Crippen LogP contribution in [0.3, 0.4) is 0 Å². The number of carboxylic acids is 2. The number of Topliss-reactive ketones (excluding diaryl/α,β-unsaturated/α-hetero) is 1. The molecule has 3 atom stereocenters. The lowest BCUT2D eigenvalue weighted by atomic mass is 9.86. The van der Waals surface area contributed by atoms with Gasteiger partial charge in [-0.2, -0.15) is 0 Å². The highest BCUT2D eigenvalue weighted by atomic mass is 16.6. The number of quaternary nitrogens is 1. The Labute approximate surface area is 347 Å². The van der Waals surface area contributed by atoms with E-state index in [1.165, 1.54) is 6.07 Å². The van der Waals surface area contributed by atoms with Gasteiger partial charge in [0.05, 0.1) is 50.7 Å². The SMILES string of the molecule is NC(N)=NCCC[C@@](N)(C(=O)CCC(=O)OC[N+]1(c2cc(=O)c3cccc(-c4ccccc4)c3o2)CCOCC1)C(=O)NCC(=O)N[C@@H](CC(=O)O)C(=O)N[C@@H](CO)C(=O)O. The maximum Gasteiger partial charge on any atom is 0.328 e. The number of carboxylic acid groups (broad SMARTS) is 2. The number of hydrogen-bond acceptors (Lipinski definition) is 14. The Morgan fingerprint density at radius 1 is 0.934 bits per heavy atom. The molecule has 1 aromatic heterocycles. The number of amides is 3. The van der Waals surface area contributed by atoms with E-state index in [0.717, 1.165) is 5.56 Å². The van der Waals surface area contributed by atoms with E-state index in [1.807, 2.05) is 47.0 Å². The number of nitrogens with two attached hydrogens (primary N) is 3. The van der Waals surface area contributed by atoms with Crippen molar-refractivity contribution >= 4 is 64.2 Å². The third-order valence-electron chi connectivity index (χ3n) is 9.81. The van der Waals surface area contributed by atoms with E-state index in [-0.39, 0.29) is 74.2 Å². The van der Waals surface area contributed by atoms with Crippen molar-refractivity contribution in [3.63, 3.8) is 0 Å². The minimum absolute atomic E-state index is 0.00826. The standard InChI is InChI=1S/C39H48N8O14/c40-38(41)43-13-5-12-39(42,37(58)44-20-30(51)45-26(18-32(52)53)35(55)46-27(21-48)36(56)57)29(50)10-11-33(54)60-22-47(14-16-59-17-15-47)31-19-28(49)25-9-4-8-24(34(25)61-31)23-6-2-1-3-7-23/h1-4,6-9,19,26-27,48H,5,10-18,20-22,42H2,(H8-,40,41,43,44,45,46,51,52,53,55,56,57,58)/p+1/t26-,27-,39+/m0/s1. The number of aliphatic carboxylic acids is 2. The third kappa shape index (κ3) is 12.6. The van der Waals surface area contributed by atoms with Crippen LogP contribution in [0.25, 0.3) is 22.1 Å². The van der Waals surface area contributed by atoms with Crippen LogP contribution >= 0.6 is 0 Å². The van der Waals surface area contributed by atoms with Gasteiger partial charge in [0.25, 0.3) is 0 Å². The number of para-hydroxylation sites is 1. The largest absolute Gasteiger partial charge is 0.481 e. The molecule has 1 aliphatic heterocycles. The number of esters is 1. The number of guanidine groups is 1. The third-order valence-corrected chi connectivity index (χ3v) is 9.81. The molecule has 1 fully saturated rings. The first-order chi connectivity index (χ1) is 29.0. The molecule has 2 heterocycles. The van der Waals surface area contributed by atoms with Crippen LogP contribution in [-0.4, -0.2) is 133 Å². The number of ether oxygens (including phenoxy) is 2. The van der Waals surface area contributed by atoms with Crippen molar-refractivity contribution in [2.75, 3.05) is 52.7 Å². The Kier molecular flexibility index (Phi) is 16.5. The van der Waals surface area contributed by atoms with Crippen LogP contribution in [0.1, 0.15) is 32.1 Å². The second-order valence-corrected chi connectivity index (χ2v) is 14.1. The molecule has 0 unspecified atom stereocenters. The molecule has 0 aliphatic carbocycles. The molecule has 22 heteroatoms. The number of rotatable bonds is 22. The van der Waals surface area contributed by atoms with Gasteiger partial charge < -0.3 is 62.4 Å². The Morgan fingerprint density at radius 2 is 1.64 bits per heavy atom. The fourth-order valence-electron chi connectivity index (χ4n) is 6.41. The molecule has 2 aromatic carbocycles. The van der Waals surface area contributed by atoms with Gasteiger partial charge in [0.1, 0.15) is 25.2 Å². The summed E-state index contributed by atoms with van der Waals surface area (Å²) in [4.78, 5) is 105. The summed E-state index contributed by atoms with van der Waals surface area (Å²) in [6.07, 6.45) is -2.50. The Bertz CT molecular complexity index is 2190. The van der Waals surface area contributed by atoms with Gasteiger partial charge in [0, 0.05) is 18.5 Å². The van der Waals surface area contributed by atoms with Crippen molar-refractivity contribution in [1.29, 1.82) is 0 Å². The Morgan fingerprint density at radius 3 is 2.28 bits per heavy atom. The van der Waals surface area contributed by atoms with Crippen LogP contribution in [-0.2, 0) is 43.0 Å². The zero-order valence-electron chi connectivity index (χ0n) is 33.0. The average molecular weight is 854 g/mol. The number of fused-ring (bicyclic) bond motifs is 1. The number of aliphatic hydroxyl groups is 1. The van der Waals surface area contributed by atoms with Crippen molar-refractivity contribution < 1.29 is 62.8 Å². The molecule has 0 bridgehead atoms. The van der Waals surface area contributed by atoms with Gasteiger partial charge >= 0.3 is 23.8 Å². The lowest BCUT2D eigenvalue weighted by Crippen LogP contribution is -2.61. The number of aliphatic imine (C=N–C) groups is 1. The number of benzene rings is 2. The number of nitrogens with zero attached hydrogens (tertiary/aromatic N) is 2. The Hall–Kier alpha value is -6.75. The minimum atomic E-state index is -2.35. The number of carbonyl (C=O) groups is 7. The molecule has 0 radical (unpaired) electrons. The molecule has 1 saturated heterocycles. The highest BCUT2D eigenvalue weighted by molar-refractivity contribution is 6.11. The van der Waals surface area contributed by atoms with Crippen molar-refractivity contribution in [2.24, 2.45) is 22.2 Å². The molecule has 0 saturated carbocycles. The second-order valence-electron chi connectivity index (χ2n) is 14.1. The molecular weight excluding hydrogens is 804 g/mol. The van der Waals surface area contributed by atoms with Gasteiger partial charge in [-0.25, -0.2) is 9.28 Å². The first-order valence-electron chi connectivity index (χ1n) is 19.0. The summed E-state index contributed by atoms with van der Waals surface area (Å²) >= 11 is 0. The maximum absolute atomic E-state index is 13.6. The monoisotopic (exact) mass is 853 g/mol. The predicted molar refractivity (Wildman–Crippen MR) is 216 cm³/mol. The fraction of sp³-hybridized carbons (Fsp3) is 0.410. The van der Waals surface area contributed by atoms with Crippen LogP contribution in [0.2, 0.25) is 0 Å². The van der Waals surface area contributed by atoms with Crippen LogP contribution in [0.15, 0.2) is 68.8 Å². The molecule has 22 nitrogen and oxygen atoms in total. The zero-order chi connectivity index (χ0) is 44.7. The maximum atomic E-state index is 13.6. The number of aliphatic hydroxyl groups excluding tert-OH is 1. The summed E-state index contributed by atoms with van der Waals surface area (Å²) in [6.45, 7) is -1.25. The zero-order valence-corrected chi connectivity index (χ0v) is 33.0. The highest BCUT2D eigenvalue weighted by Crippen LogP contribution is 2.33. The van der Waals surface area contributed by atoms with Crippen molar-refractivity contribution in [2.45, 2.75) is 49.7 Å². The van der Waals surface area contributed by atoms with Gasteiger partial charge in [-0.15, -0.1) is 0 Å². The van der Waals surface area contributed by atoms with Crippen LogP contribution < -0.4 is 43.1 Å². The van der Waals surface area contributed by atoms with Gasteiger partial charge in [-0.3, -0.25) is 38.6 Å². The first-order valence-corrected chi connectivity index (χ1v) is 19.0. The number of nitrogens with one attached hydrogen (secondary N) is 3. The Balaban J connectivity index is 1.46. The average Bonchev–Trinajstić information content (AvgIpc) is 3.24. The van der Waals surface area contributed by atoms with E-state index in [1.54, 1.807) is 12.1 Å². The van der Waals surface area contributed by atoms with E-state index in [4.69, 9.17) is 36.2 Å². The molecule has 3 aromatic rings. The molecule has 61 heavy (non-hydrogen) atoms. The molecule has 0 spiro atoms. The molecular formula is C39H49N8O14+. The van der Waals surface area contributed by atoms with E-state index >= 15 is 0 Å². The quantitative estimate of drug-likeness (QED) is 0.0132. The minimum Gasteiger partial charge on any atom is -0.481 e. The summed E-state index contributed by atoms with van der Waals surface area (Å²) in [6, 6.07) is 12.3.